The van der Waals surface area contributed by atoms with Gasteiger partial charge in [0, 0.05) is 12.7 Å². The Morgan fingerprint density at radius 1 is 1.47 bits per heavy atom. The smallest absolute Gasteiger partial charge is 0.300 e. The number of rotatable bonds is 6. The van der Waals surface area contributed by atoms with Crippen LogP contribution in [0.4, 0.5) is 13.2 Å². The van der Waals surface area contributed by atoms with Gasteiger partial charge in [-0.05, 0) is 32.4 Å². The molecule has 0 bridgehead atoms. The first kappa shape index (κ1) is 15.5. The van der Waals surface area contributed by atoms with E-state index in [0.29, 0.717) is 13.0 Å². The number of nitrogens with zero attached hydrogens (tertiary/aromatic N) is 3. The molecule has 0 aliphatic carbocycles. The monoisotopic (exact) mass is 274 g/mol. The van der Waals surface area contributed by atoms with Crippen LogP contribution in [-0.2, 0) is 12.7 Å². The van der Waals surface area contributed by atoms with Gasteiger partial charge in [-0.1, -0.05) is 6.92 Å². The molecule has 0 aliphatic rings. The van der Waals surface area contributed by atoms with Crippen LogP contribution >= 0.6 is 0 Å². The number of hydrogen-bond donors (Lipinski definition) is 1. The average Bonchev–Trinajstić information content (AvgIpc) is 2.83. The molecule has 0 aromatic carbocycles. The van der Waals surface area contributed by atoms with Crippen molar-refractivity contribution >= 4 is 0 Å². The summed E-state index contributed by atoms with van der Waals surface area (Å²) in [7, 11) is 0. The van der Waals surface area contributed by atoms with Crippen molar-refractivity contribution < 1.29 is 13.2 Å². The molecular weight excluding hydrogens is 257 g/mol. The molecule has 7 heteroatoms. The predicted molar refractivity (Wildman–Crippen MR) is 64.2 cm³/mol. The molecule has 19 heavy (non-hydrogen) atoms. The zero-order chi connectivity index (χ0) is 14.5. The average molecular weight is 274 g/mol. The van der Waals surface area contributed by atoms with E-state index < -0.39 is 17.4 Å². The normalized spacial score (nSPS) is 14.9. The first-order chi connectivity index (χ1) is 8.80. The van der Waals surface area contributed by atoms with Gasteiger partial charge in [-0.15, -0.1) is 0 Å². The molecule has 0 saturated heterocycles. The van der Waals surface area contributed by atoms with Crippen LogP contribution in [-0.4, -0.2) is 21.9 Å². The Labute approximate surface area is 110 Å². The third-order valence-electron chi connectivity index (χ3n) is 2.78. The summed E-state index contributed by atoms with van der Waals surface area (Å²) in [5.74, 6) is 0. The first-order valence-electron chi connectivity index (χ1n) is 6.07. The second kappa shape index (κ2) is 6.06. The molecule has 1 aromatic rings. The fourth-order valence-electron chi connectivity index (χ4n) is 1.56. The summed E-state index contributed by atoms with van der Waals surface area (Å²) in [5.41, 5.74) is -1.66. The highest BCUT2D eigenvalue weighted by molar-refractivity contribution is 5.05. The summed E-state index contributed by atoms with van der Waals surface area (Å²) >= 11 is 0. The van der Waals surface area contributed by atoms with E-state index in [2.05, 4.69) is 16.5 Å². The molecule has 1 atom stereocenters. The molecule has 1 unspecified atom stereocenters. The molecule has 0 aliphatic heterocycles. The van der Waals surface area contributed by atoms with Crippen molar-refractivity contribution in [1.29, 1.82) is 5.26 Å². The molecule has 1 heterocycles. The summed E-state index contributed by atoms with van der Waals surface area (Å²) in [5, 5.41) is 15.6. The highest BCUT2D eigenvalue weighted by atomic mass is 19.4. The van der Waals surface area contributed by atoms with E-state index >= 15 is 0 Å². The molecule has 4 nitrogen and oxygen atoms in total. The summed E-state index contributed by atoms with van der Waals surface area (Å²) in [6.45, 7) is 4.67. The Hall–Kier alpha value is -1.55. The summed E-state index contributed by atoms with van der Waals surface area (Å²) in [6, 6.07) is 3.08. The molecule has 0 spiro atoms. The maximum atomic E-state index is 12.4. The van der Waals surface area contributed by atoms with Gasteiger partial charge in [-0.25, -0.2) is 0 Å². The van der Waals surface area contributed by atoms with Crippen LogP contribution in [0.15, 0.2) is 12.3 Å². The fraction of sp³-hybridized carbons (Fsp3) is 0.667. The lowest BCUT2D eigenvalue weighted by Crippen LogP contribution is -2.42. The fourth-order valence-corrected chi connectivity index (χ4v) is 1.56. The third kappa shape index (κ3) is 4.56. The van der Waals surface area contributed by atoms with Gasteiger partial charge < -0.3 is 0 Å². The van der Waals surface area contributed by atoms with Crippen molar-refractivity contribution in [3.63, 3.8) is 0 Å². The molecular formula is C12H17F3N4. The number of aromatic nitrogens is 2. The quantitative estimate of drug-likeness (QED) is 0.867. The van der Waals surface area contributed by atoms with Crippen LogP contribution in [0.25, 0.3) is 0 Å². The van der Waals surface area contributed by atoms with Crippen molar-refractivity contribution in [3.8, 4) is 6.07 Å². The van der Waals surface area contributed by atoms with Crippen LogP contribution < -0.4 is 5.32 Å². The van der Waals surface area contributed by atoms with E-state index in [1.54, 1.807) is 6.92 Å². The molecule has 1 N–H and O–H groups in total. The lowest BCUT2D eigenvalue weighted by Gasteiger charge is -2.22. The van der Waals surface area contributed by atoms with Gasteiger partial charge in [-0.2, -0.15) is 23.5 Å². The minimum Gasteiger partial charge on any atom is -0.300 e. The minimum absolute atomic E-state index is 0.261. The Morgan fingerprint density at radius 2 is 2.16 bits per heavy atom. The zero-order valence-electron chi connectivity index (χ0n) is 11.0. The maximum absolute atomic E-state index is 12.4. The number of alkyl halides is 3. The second-order valence-corrected chi connectivity index (χ2v) is 4.58. The van der Waals surface area contributed by atoms with Gasteiger partial charge >= 0.3 is 6.18 Å². The van der Waals surface area contributed by atoms with Gasteiger partial charge in [0.2, 0.25) is 0 Å². The largest absolute Gasteiger partial charge is 0.435 e. The number of nitriles is 1. The number of hydrogen-bond acceptors (Lipinski definition) is 3. The van der Waals surface area contributed by atoms with Gasteiger partial charge in [0.1, 0.15) is 5.54 Å². The van der Waals surface area contributed by atoms with E-state index in [4.69, 9.17) is 5.26 Å². The van der Waals surface area contributed by atoms with E-state index in [1.807, 2.05) is 6.92 Å². The Kier molecular flexibility index (Phi) is 4.95. The van der Waals surface area contributed by atoms with Gasteiger partial charge in [0.25, 0.3) is 0 Å². The van der Waals surface area contributed by atoms with E-state index in [0.717, 1.165) is 12.5 Å². The SMILES string of the molecule is CCCNC(C)(C#N)CCn1ccc(C(F)(F)F)n1. The molecule has 1 rings (SSSR count). The molecule has 0 amide bonds. The summed E-state index contributed by atoms with van der Waals surface area (Å²) in [4.78, 5) is 0. The Balaban J connectivity index is 2.61. The first-order valence-corrected chi connectivity index (χ1v) is 6.07. The van der Waals surface area contributed by atoms with Crippen molar-refractivity contribution in [2.45, 2.75) is 44.9 Å². The molecule has 0 radical (unpaired) electrons. The highest BCUT2D eigenvalue weighted by Crippen LogP contribution is 2.27. The predicted octanol–water partition coefficient (Wildman–Crippen LogP) is 2.57. The zero-order valence-corrected chi connectivity index (χ0v) is 11.0. The highest BCUT2D eigenvalue weighted by Gasteiger charge is 2.33. The lowest BCUT2D eigenvalue weighted by atomic mass is 10.00. The Bertz CT molecular complexity index is 447. The van der Waals surface area contributed by atoms with E-state index in [9.17, 15) is 13.2 Å². The standard InChI is InChI=1S/C12H17F3N4/c1-3-6-17-11(2,9-16)5-8-19-7-4-10(18-19)12(13,14)15/h4,7,17H,3,5-6,8H2,1-2H3. The minimum atomic E-state index is -4.43. The Morgan fingerprint density at radius 3 is 2.63 bits per heavy atom. The molecule has 0 fully saturated rings. The van der Waals surface area contributed by atoms with E-state index in [1.165, 1.54) is 10.9 Å². The maximum Gasteiger partial charge on any atom is 0.435 e. The topological polar surface area (TPSA) is 53.6 Å². The van der Waals surface area contributed by atoms with Gasteiger partial charge in [-0.3, -0.25) is 10.00 Å². The van der Waals surface area contributed by atoms with Gasteiger partial charge in [0.15, 0.2) is 5.69 Å². The van der Waals surface area contributed by atoms with Crippen LogP contribution in [0.1, 0.15) is 32.4 Å². The van der Waals surface area contributed by atoms with Crippen molar-refractivity contribution in [3.05, 3.63) is 18.0 Å². The number of nitrogens with one attached hydrogen (secondary N) is 1. The molecule has 106 valence electrons. The van der Waals surface area contributed by atoms with Crippen LogP contribution in [0.3, 0.4) is 0 Å². The van der Waals surface area contributed by atoms with E-state index in [-0.39, 0.29) is 6.54 Å². The van der Waals surface area contributed by atoms with Crippen LogP contribution in [0, 0.1) is 11.3 Å². The van der Waals surface area contributed by atoms with Crippen molar-refractivity contribution in [2.24, 2.45) is 0 Å². The number of aryl methyl sites for hydroxylation is 1. The van der Waals surface area contributed by atoms with Crippen molar-refractivity contribution in [1.82, 2.24) is 15.1 Å². The van der Waals surface area contributed by atoms with Gasteiger partial charge in [0.05, 0.1) is 6.07 Å². The second-order valence-electron chi connectivity index (χ2n) is 4.58. The molecule has 1 aromatic heterocycles. The summed E-state index contributed by atoms with van der Waals surface area (Å²) in [6.07, 6.45) is -1.87. The van der Waals surface area contributed by atoms with Crippen LogP contribution in [0.5, 0.6) is 0 Å². The third-order valence-corrected chi connectivity index (χ3v) is 2.78. The summed E-state index contributed by atoms with van der Waals surface area (Å²) < 4.78 is 38.3. The molecule has 0 saturated carbocycles. The van der Waals surface area contributed by atoms with Crippen molar-refractivity contribution in [2.75, 3.05) is 6.54 Å². The van der Waals surface area contributed by atoms with Crippen LogP contribution in [0.2, 0.25) is 0 Å². The number of halogens is 3. The lowest BCUT2D eigenvalue weighted by molar-refractivity contribution is -0.141.